The van der Waals surface area contributed by atoms with E-state index >= 15 is 0 Å². The Bertz CT molecular complexity index is 2530. The fraction of sp³-hybridized carbons (Fsp3) is 0.567. The molecule has 8 N–H and O–H groups in total. The molecule has 32 nitrogen and oxygen atoms in total. The van der Waals surface area contributed by atoms with Crippen LogP contribution in [0.3, 0.4) is 0 Å². The summed E-state index contributed by atoms with van der Waals surface area (Å²) >= 11 is 0. The van der Waals surface area contributed by atoms with Crippen molar-refractivity contribution in [3.8, 4) is 0 Å². The summed E-state index contributed by atoms with van der Waals surface area (Å²) in [6, 6.07) is 0. The van der Waals surface area contributed by atoms with E-state index < -0.39 is 23.6 Å². The van der Waals surface area contributed by atoms with E-state index in [1.54, 1.807) is 0 Å². The van der Waals surface area contributed by atoms with Gasteiger partial charge >= 0.3 is 0 Å². The summed E-state index contributed by atoms with van der Waals surface area (Å²) in [5, 5.41) is 10.7. The summed E-state index contributed by atoms with van der Waals surface area (Å²) < 4.78 is 20.7. The zero-order chi connectivity index (χ0) is 69.8. The zero-order valence-corrected chi connectivity index (χ0v) is 53.2. The highest BCUT2D eigenvalue weighted by molar-refractivity contribution is 6.15. The van der Waals surface area contributed by atoms with Crippen molar-refractivity contribution in [2.24, 2.45) is 23.3 Å². The van der Waals surface area contributed by atoms with E-state index in [2.05, 4.69) is 32.7 Å². The number of ether oxygens (including phenoxy) is 4. The molecule has 512 valence electrons. The highest BCUT2D eigenvalue weighted by Gasteiger charge is 2.26. The van der Waals surface area contributed by atoms with E-state index in [1.165, 1.54) is 76.3 Å². The number of unbranched alkanes of at least 4 members (excludes halogenated alkanes) is 2. The molecule has 2 atom stereocenters. The first-order valence-electron chi connectivity index (χ1n) is 29.5. The topological polar surface area (TPSA) is 457 Å². The molecule has 2 unspecified atom stereocenters. The van der Waals surface area contributed by atoms with Crippen LogP contribution in [0, 0.1) is 11.8 Å². The second-order valence-corrected chi connectivity index (χ2v) is 20.2. The van der Waals surface area contributed by atoms with Crippen LogP contribution in [-0.2, 0) is 105 Å². The predicted octanol–water partition coefficient (Wildman–Crippen LogP) is -2.09. The number of nitrogens with zero attached hydrogens (tertiary/aromatic N) is 4. The molecule has 4 heterocycles. The van der Waals surface area contributed by atoms with Crippen LogP contribution < -0.4 is 32.7 Å². The number of hydrogen-bond donors (Lipinski definition) is 6. The number of carbonyl (C=O) groups excluding carboxylic acids is 18. The SMILES string of the molecule is CC(=O)CCN1C(=O)C=CC1=O.CC(=O)COCCOCCNC(=O)CCN1C(=O)C=CC1=O.CC(C=O)CCCCNC(=O)CCN1C(=O)C=CC1=O.CC(C=O)CCCCNC(=O)COCCOCCNC(=O)CCN1C(=O)C=CC1=O.CC(N)=O.CC(N)=O. The van der Waals surface area contributed by atoms with Crippen molar-refractivity contribution in [3.05, 3.63) is 48.6 Å². The summed E-state index contributed by atoms with van der Waals surface area (Å²) in [7, 11) is 0. The van der Waals surface area contributed by atoms with E-state index in [1.807, 2.05) is 13.8 Å². The van der Waals surface area contributed by atoms with Gasteiger partial charge in [-0.1, -0.05) is 26.7 Å². The van der Waals surface area contributed by atoms with Crippen LogP contribution in [0.1, 0.15) is 106 Å². The third kappa shape index (κ3) is 46.9. The van der Waals surface area contributed by atoms with Gasteiger partial charge in [-0.2, -0.15) is 0 Å². The minimum absolute atomic E-state index is 0.0255. The summed E-state index contributed by atoms with van der Waals surface area (Å²) in [5.41, 5.74) is 8.94. The van der Waals surface area contributed by atoms with E-state index in [0.29, 0.717) is 46.0 Å². The molecule has 0 aromatic carbocycles. The minimum Gasteiger partial charge on any atom is -0.377 e. The lowest BCUT2D eigenvalue weighted by Crippen LogP contribution is -2.35. The van der Waals surface area contributed by atoms with Gasteiger partial charge < -0.3 is 61.3 Å². The molecule has 14 amide bonds. The quantitative estimate of drug-likeness (QED) is 0.0218. The first kappa shape index (κ1) is 84.9. The second-order valence-electron chi connectivity index (χ2n) is 20.2. The first-order valence-corrected chi connectivity index (χ1v) is 29.5. The Morgan fingerprint density at radius 2 is 0.641 bits per heavy atom. The average Bonchev–Trinajstić information content (AvgIpc) is 1.95. The molecule has 0 bridgehead atoms. The van der Waals surface area contributed by atoms with Gasteiger partial charge in [0.25, 0.3) is 47.3 Å². The Balaban J connectivity index is 0. The number of Topliss-reactive ketones (excluding diaryl/α,β-unsaturated/α-hetero) is 2. The van der Waals surface area contributed by atoms with Crippen LogP contribution in [0.2, 0.25) is 0 Å². The number of primary amides is 2. The van der Waals surface area contributed by atoms with Crippen molar-refractivity contribution in [1.29, 1.82) is 0 Å². The fourth-order valence-electron chi connectivity index (χ4n) is 6.95. The lowest BCUT2D eigenvalue weighted by Gasteiger charge is -2.13. The minimum atomic E-state index is -0.408. The highest BCUT2D eigenvalue weighted by Crippen LogP contribution is 2.09. The number of rotatable bonds is 40. The number of nitrogens with two attached hydrogens (primary N) is 2. The van der Waals surface area contributed by atoms with Gasteiger partial charge in [0.1, 0.15) is 31.6 Å². The molecule has 32 heteroatoms. The van der Waals surface area contributed by atoms with Crippen molar-refractivity contribution in [2.75, 3.05) is 105 Å². The summed E-state index contributed by atoms with van der Waals surface area (Å²) in [5.74, 6) is -4.55. The number of imide groups is 4. The summed E-state index contributed by atoms with van der Waals surface area (Å²) in [4.78, 5) is 200. The molecule has 0 aromatic rings. The van der Waals surface area contributed by atoms with E-state index in [-0.39, 0.29) is 167 Å². The zero-order valence-electron chi connectivity index (χ0n) is 53.2. The Morgan fingerprint density at radius 1 is 0.380 bits per heavy atom. The van der Waals surface area contributed by atoms with Crippen LogP contribution in [0.15, 0.2) is 48.6 Å². The first-order chi connectivity index (χ1) is 43.6. The maximum Gasteiger partial charge on any atom is 0.253 e. The molecule has 4 aliphatic heterocycles. The standard InChI is InChI=1S/C20H31N3O7.C14H20N2O6.C14H20N2O4.C8H9NO3.2C2H5NO/c1-16(14-24)4-2-3-8-21-18(26)15-30-13-12-29-11-9-22-17(25)7-10-23-19(27)5-6-20(23)28;1-11(17)10-22-9-8-21-7-5-15-12(18)4-6-16-13(19)2-3-14(16)20;1-11(10-17)4-2-3-8-15-12(18)7-9-16-13(19)5-6-14(16)20;1-6(10)4-5-9-7(11)2-3-8(9)12;2*1-2(3)4/h5-6,14,16H,2-4,7-13,15H2,1H3,(H,21,26)(H,22,25);2-3H,4-10H2,1H3,(H,15,18);5-6,10-11H,2-4,7-9H2,1H3,(H,15,18);2-3H,4-5H2,1H3;2*1H3,(H2,3,4). The van der Waals surface area contributed by atoms with E-state index in [0.717, 1.165) is 70.7 Å². The van der Waals surface area contributed by atoms with Crippen LogP contribution in [0.4, 0.5) is 0 Å². The Morgan fingerprint density at radius 3 is 0.924 bits per heavy atom. The van der Waals surface area contributed by atoms with E-state index in [9.17, 15) is 86.3 Å². The molecule has 92 heavy (non-hydrogen) atoms. The largest absolute Gasteiger partial charge is 0.377 e. The van der Waals surface area contributed by atoms with Gasteiger partial charge in [0.15, 0.2) is 5.78 Å². The van der Waals surface area contributed by atoms with Crippen LogP contribution in [0.5, 0.6) is 0 Å². The lowest BCUT2D eigenvalue weighted by molar-refractivity contribution is -0.139. The average molecular weight is 1300 g/mol. The predicted molar refractivity (Wildman–Crippen MR) is 326 cm³/mol. The van der Waals surface area contributed by atoms with Gasteiger partial charge in [-0.3, -0.25) is 96.3 Å². The monoisotopic (exact) mass is 1300 g/mol. The number of nitrogens with one attached hydrogen (secondary N) is 4. The molecule has 0 saturated heterocycles. The van der Waals surface area contributed by atoms with Gasteiger partial charge in [0.2, 0.25) is 35.4 Å². The van der Waals surface area contributed by atoms with Crippen molar-refractivity contribution in [3.63, 3.8) is 0 Å². The van der Waals surface area contributed by atoms with Crippen LogP contribution >= 0.6 is 0 Å². The molecule has 0 fully saturated rings. The lowest BCUT2D eigenvalue weighted by atomic mass is 10.1. The molecule has 4 rings (SSSR count). The fourth-order valence-corrected chi connectivity index (χ4v) is 6.95. The van der Waals surface area contributed by atoms with Gasteiger partial charge in [-0.05, 0) is 39.5 Å². The van der Waals surface area contributed by atoms with Gasteiger partial charge in [0.05, 0.1) is 39.6 Å². The molecule has 0 spiro atoms. The molecule has 0 aliphatic carbocycles. The van der Waals surface area contributed by atoms with Gasteiger partial charge in [-0.25, -0.2) is 0 Å². The second kappa shape index (κ2) is 52.6. The molecule has 0 aromatic heterocycles. The van der Waals surface area contributed by atoms with Gasteiger partial charge in [0, 0.05) is 152 Å². The number of amides is 14. The Labute approximate surface area is 534 Å². The smallest absolute Gasteiger partial charge is 0.253 e. The van der Waals surface area contributed by atoms with Crippen molar-refractivity contribution < 1.29 is 105 Å². The summed E-state index contributed by atoms with van der Waals surface area (Å²) in [6.07, 6.45) is 16.9. The number of hydrogen-bond acceptors (Lipinski definition) is 22. The maximum absolute atomic E-state index is 11.7. The van der Waals surface area contributed by atoms with Crippen molar-refractivity contribution in [2.45, 2.75) is 106 Å². The maximum atomic E-state index is 11.7. The third-order valence-electron chi connectivity index (χ3n) is 11.7. The highest BCUT2D eigenvalue weighted by atomic mass is 16.5. The molecular formula is C60H90N10O22. The van der Waals surface area contributed by atoms with Crippen LogP contribution in [0.25, 0.3) is 0 Å². The summed E-state index contributed by atoms with van der Waals surface area (Å²) in [6.45, 7) is 13.2. The van der Waals surface area contributed by atoms with Gasteiger partial charge in [-0.15, -0.1) is 0 Å². The molecule has 4 aliphatic rings. The Kier molecular flexibility index (Phi) is 48.6. The number of aldehydes is 2. The van der Waals surface area contributed by atoms with Crippen molar-refractivity contribution in [1.82, 2.24) is 40.9 Å². The molecular weight excluding hydrogens is 1210 g/mol. The normalized spacial score (nSPS) is 13.9. The third-order valence-corrected chi connectivity index (χ3v) is 11.7. The van der Waals surface area contributed by atoms with Crippen molar-refractivity contribution >= 4 is 107 Å². The Hall–Kier alpha value is -9.14. The van der Waals surface area contributed by atoms with E-state index in [4.69, 9.17) is 18.9 Å². The molecule has 0 radical (unpaired) electrons. The molecule has 0 saturated carbocycles. The number of carbonyl (C=O) groups is 18. The van der Waals surface area contributed by atoms with Crippen LogP contribution in [-0.4, -0.2) is 232 Å². The number of ketones is 2.